The largest absolute Gasteiger partial charge is 0.419 e. The molecular weight excluding hydrogens is 250 g/mol. The van der Waals surface area contributed by atoms with Gasteiger partial charge in [-0.15, -0.1) is 0 Å². The number of nitrogens with zero attached hydrogens (tertiary/aromatic N) is 2. The first-order chi connectivity index (χ1) is 8.41. The van der Waals surface area contributed by atoms with Crippen LogP contribution >= 0.6 is 0 Å². The van der Waals surface area contributed by atoms with Crippen LogP contribution in [-0.2, 0) is 12.7 Å². The van der Waals surface area contributed by atoms with Crippen LogP contribution in [0.15, 0.2) is 30.6 Å². The summed E-state index contributed by atoms with van der Waals surface area (Å²) in [5, 5.41) is 3.49. The Kier molecular flexibility index (Phi) is 3.08. The average molecular weight is 259 g/mol. The van der Waals surface area contributed by atoms with Crippen LogP contribution in [0.5, 0.6) is 0 Å². The van der Waals surface area contributed by atoms with E-state index in [9.17, 15) is 17.6 Å². The fraction of sp³-hybridized carbons (Fsp3) is 0.182. The summed E-state index contributed by atoms with van der Waals surface area (Å²) in [5.74, 6) is -0.672. The van der Waals surface area contributed by atoms with Crippen LogP contribution in [0, 0.1) is 5.82 Å². The molecule has 0 spiro atoms. The van der Waals surface area contributed by atoms with Gasteiger partial charge < -0.3 is 5.73 Å². The minimum absolute atomic E-state index is 0.0531. The number of rotatable bonds is 2. The van der Waals surface area contributed by atoms with Crippen molar-refractivity contribution in [2.75, 3.05) is 0 Å². The molecule has 0 aliphatic heterocycles. The molecule has 2 aromatic rings. The van der Waals surface area contributed by atoms with E-state index in [1.807, 2.05) is 0 Å². The van der Waals surface area contributed by atoms with E-state index in [0.717, 1.165) is 10.9 Å². The maximum Gasteiger partial charge on any atom is 0.419 e. The van der Waals surface area contributed by atoms with Gasteiger partial charge in [-0.2, -0.15) is 18.3 Å². The highest BCUT2D eigenvalue weighted by Crippen LogP contribution is 2.29. The molecule has 1 aromatic heterocycles. The van der Waals surface area contributed by atoms with Crippen LogP contribution in [0.3, 0.4) is 0 Å². The fourth-order valence-corrected chi connectivity index (χ4v) is 1.46. The number of hydrogen-bond donors (Lipinski definition) is 1. The lowest BCUT2D eigenvalue weighted by atomic mass is 10.2. The summed E-state index contributed by atoms with van der Waals surface area (Å²) in [5.41, 5.74) is 4.91. The molecule has 0 fully saturated rings. The Balaban J connectivity index is 2.40. The van der Waals surface area contributed by atoms with E-state index in [0.29, 0.717) is 11.8 Å². The van der Waals surface area contributed by atoms with Crippen molar-refractivity contribution in [1.82, 2.24) is 9.78 Å². The number of benzene rings is 1. The highest BCUT2D eigenvalue weighted by Gasteiger charge is 2.32. The summed E-state index contributed by atoms with van der Waals surface area (Å²) < 4.78 is 51.6. The summed E-state index contributed by atoms with van der Waals surface area (Å²) in [4.78, 5) is 0. The van der Waals surface area contributed by atoms with E-state index in [2.05, 4.69) is 5.10 Å². The second-order valence-electron chi connectivity index (χ2n) is 3.66. The van der Waals surface area contributed by atoms with E-state index < -0.39 is 17.6 Å². The van der Waals surface area contributed by atoms with Crippen LogP contribution < -0.4 is 5.73 Å². The molecule has 0 atom stereocenters. The molecule has 0 radical (unpaired) electrons. The van der Waals surface area contributed by atoms with Gasteiger partial charge in [0.2, 0.25) is 0 Å². The van der Waals surface area contributed by atoms with E-state index >= 15 is 0 Å². The molecule has 2 N–H and O–H groups in total. The maximum absolute atomic E-state index is 13.6. The number of hydrogen-bond acceptors (Lipinski definition) is 2. The van der Waals surface area contributed by atoms with Crippen molar-refractivity contribution < 1.29 is 17.6 Å². The predicted molar refractivity (Wildman–Crippen MR) is 56.4 cm³/mol. The topological polar surface area (TPSA) is 43.8 Å². The number of nitrogens with two attached hydrogens (primary N) is 1. The normalized spacial score (nSPS) is 11.8. The molecule has 2 rings (SSSR count). The SMILES string of the molecule is NCc1ccc(-n2cc(C(F)(F)F)cn2)c(F)c1. The molecule has 96 valence electrons. The number of aromatic nitrogens is 2. The summed E-state index contributed by atoms with van der Waals surface area (Å²) in [7, 11) is 0. The minimum Gasteiger partial charge on any atom is -0.326 e. The van der Waals surface area contributed by atoms with Crippen LogP contribution in [0.4, 0.5) is 17.6 Å². The van der Waals surface area contributed by atoms with Gasteiger partial charge in [0.1, 0.15) is 11.5 Å². The van der Waals surface area contributed by atoms with Crippen LogP contribution in [0.2, 0.25) is 0 Å². The average Bonchev–Trinajstić information content (AvgIpc) is 2.77. The number of alkyl halides is 3. The Hall–Kier alpha value is -1.89. The second kappa shape index (κ2) is 4.41. The van der Waals surface area contributed by atoms with Crippen molar-refractivity contribution in [2.24, 2.45) is 5.73 Å². The van der Waals surface area contributed by atoms with Gasteiger partial charge in [-0.3, -0.25) is 0 Å². The fourth-order valence-electron chi connectivity index (χ4n) is 1.46. The first-order valence-electron chi connectivity index (χ1n) is 5.02. The third kappa shape index (κ3) is 2.35. The van der Waals surface area contributed by atoms with Crippen molar-refractivity contribution in [1.29, 1.82) is 0 Å². The molecule has 3 nitrogen and oxygen atoms in total. The van der Waals surface area contributed by atoms with Crippen molar-refractivity contribution in [3.8, 4) is 5.69 Å². The molecule has 0 unspecified atom stereocenters. The van der Waals surface area contributed by atoms with Crippen LogP contribution in [0.1, 0.15) is 11.1 Å². The van der Waals surface area contributed by atoms with Crippen LogP contribution in [-0.4, -0.2) is 9.78 Å². The smallest absolute Gasteiger partial charge is 0.326 e. The highest BCUT2D eigenvalue weighted by atomic mass is 19.4. The molecular formula is C11H9F4N3. The van der Waals surface area contributed by atoms with Gasteiger partial charge in [0.05, 0.1) is 11.8 Å². The summed E-state index contributed by atoms with van der Waals surface area (Å²) in [6, 6.07) is 4.04. The standard InChI is InChI=1S/C11H9F4N3/c12-9-3-7(4-16)1-2-10(9)18-6-8(5-17-18)11(13,14)15/h1-3,5-6H,4,16H2. The van der Waals surface area contributed by atoms with Gasteiger partial charge in [0.15, 0.2) is 0 Å². The predicted octanol–water partition coefficient (Wildman–Crippen LogP) is 2.49. The third-order valence-electron chi connectivity index (χ3n) is 2.40. The zero-order valence-electron chi connectivity index (χ0n) is 9.08. The first kappa shape index (κ1) is 12.6. The van der Waals surface area contributed by atoms with Gasteiger partial charge in [-0.25, -0.2) is 9.07 Å². The van der Waals surface area contributed by atoms with E-state index in [4.69, 9.17) is 5.73 Å². The lowest BCUT2D eigenvalue weighted by Crippen LogP contribution is -2.04. The van der Waals surface area contributed by atoms with Crippen molar-refractivity contribution >= 4 is 0 Å². The third-order valence-corrected chi connectivity index (χ3v) is 2.40. The Morgan fingerprint density at radius 2 is 2.00 bits per heavy atom. The van der Waals surface area contributed by atoms with E-state index in [1.165, 1.54) is 18.2 Å². The molecule has 1 heterocycles. The van der Waals surface area contributed by atoms with E-state index in [-0.39, 0.29) is 12.2 Å². The summed E-state index contributed by atoms with van der Waals surface area (Å²) in [6.07, 6.45) is -3.11. The lowest BCUT2D eigenvalue weighted by molar-refractivity contribution is -0.137. The quantitative estimate of drug-likeness (QED) is 0.842. The van der Waals surface area contributed by atoms with Crippen molar-refractivity contribution in [3.63, 3.8) is 0 Å². The zero-order chi connectivity index (χ0) is 13.3. The first-order valence-corrected chi connectivity index (χ1v) is 5.02. The molecule has 0 aliphatic rings. The maximum atomic E-state index is 13.6. The van der Waals surface area contributed by atoms with Gasteiger partial charge in [0.25, 0.3) is 0 Å². The molecule has 0 saturated carbocycles. The Bertz CT molecular complexity index is 560. The Morgan fingerprint density at radius 1 is 1.28 bits per heavy atom. The molecule has 7 heteroatoms. The molecule has 0 bridgehead atoms. The van der Waals surface area contributed by atoms with Gasteiger partial charge >= 0.3 is 6.18 Å². The van der Waals surface area contributed by atoms with E-state index in [1.54, 1.807) is 0 Å². The number of halogens is 4. The molecule has 0 aliphatic carbocycles. The zero-order valence-corrected chi connectivity index (χ0v) is 9.08. The summed E-state index contributed by atoms with van der Waals surface area (Å²) >= 11 is 0. The van der Waals surface area contributed by atoms with Gasteiger partial charge in [-0.1, -0.05) is 6.07 Å². The summed E-state index contributed by atoms with van der Waals surface area (Å²) in [6.45, 7) is 0.157. The molecule has 0 saturated heterocycles. The van der Waals surface area contributed by atoms with Crippen LogP contribution in [0.25, 0.3) is 5.69 Å². The Morgan fingerprint density at radius 3 is 2.50 bits per heavy atom. The van der Waals surface area contributed by atoms with Gasteiger partial charge in [-0.05, 0) is 17.7 Å². The monoisotopic (exact) mass is 259 g/mol. The van der Waals surface area contributed by atoms with Crippen molar-refractivity contribution in [3.05, 3.63) is 47.5 Å². The van der Waals surface area contributed by atoms with Crippen molar-refractivity contribution in [2.45, 2.75) is 12.7 Å². The molecule has 18 heavy (non-hydrogen) atoms. The molecule has 0 amide bonds. The minimum atomic E-state index is -4.49. The Labute approximate surface area is 99.8 Å². The lowest BCUT2D eigenvalue weighted by Gasteiger charge is -2.05. The van der Waals surface area contributed by atoms with Gasteiger partial charge in [0, 0.05) is 12.7 Å². The molecule has 1 aromatic carbocycles. The second-order valence-corrected chi connectivity index (χ2v) is 3.66. The highest BCUT2D eigenvalue weighted by molar-refractivity contribution is 5.36.